The van der Waals surface area contributed by atoms with Gasteiger partial charge < -0.3 is 5.73 Å². The van der Waals surface area contributed by atoms with Crippen LogP contribution in [0.4, 0.5) is 10.1 Å². The van der Waals surface area contributed by atoms with E-state index in [-0.39, 0.29) is 28.9 Å². The van der Waals surface area contributed by atoms with Crippen LogP contribution >= 0.6 is 0 Å². The van der Waals surface area contributed by atoms with Gasteiger partial charge in [-0.25, -0.2) is 25.9 Å². The van der Waals surface area contributed by atoms with Crippen LogP contribution in [0.15, 0.2) is 23.1 Å². The first-order valence-corrected chi connectivity index (χ1v) is 9.26. The van der Waals surface area contributed by atoms with Crippen molar-refractivity contribution in [3.63, 3.8) is 0 Å². The quantitative estimate of drug-likeness (QED) is 0.766. The fourth-order valence-corrected chi connectivity index (χ4v) is 5.21. The Kier molecular flexibility index (Phi) is 4.03. The fraction of sp³-hybridized carbons (Fsp3) is 0.455. The molecule has 1 heterocycles. The van der Waals surface area contributed by atoms with Crippen LogP contribution < -0.4 is 10.5 Å². The number of nitrogen functional groups attached to an aromatic ring is 1. The summed E-state index contributed by atoms with van der Waals surface area (Å²) in [6.45, 7) is -0.00246. The molecular weight excluding hydrogens is 307 g/mol. The minimum Gasteiger partial charge on any atom is -0.395 e. The molecule has 3 N–H and O–H groups in total. The van der Waals surface area contributed by atoms with Crippen molar-refractivity contribution in [2.75, 3.05) is 23.8 Å². The van der Waals surface area contributed by atoms with E-state index in [1.165, 1.54) is 12.1 Å². The second-order valence-corrected chi connectivity index (χ2v) is 8.74. The van der Waals surface area contributed by atoms with E-state index >= 15 is 0 Å². The SMILES string of the molecule is Nc1c(F)cccc1S(=O)(=O)NCC1CCS(=O)(=O)C1. The third-order valence-electron chi connectivity index (χ3n) is 3.19. The van der Waals surface area contributed by atoms with Gasteiger partial charge in [0.2, 0.25) is 10.0 Å². The molecule has 0 amide bonds. The lowest BCUT2D eigenvalue weighted by Gasteiger charge is -2.12. The summed E-state index contributed by atoms with van der Waals surface area (Å²) in [5.41, 5.74) is 4.96. The van der Waals surface area contributed by atoms with E-state index in [1.807, 2.05) is 0 Å². The van der Waals surface area contributed by atoms with E-state index in [0.29, 0.717) is 6.42 Å². The molecule has 6 nitrogen and oxygen atoms in total. The van der Waals surface area contributed by atoms with E-state index < -0.39 is 31.4 Å². The van der Waals surface area contributed by atoms with Gasteiger partial charge >= 0.3 is 0 Å². The van der Waals surface area contributed by atoms with Gasteiger partial charge in [0.05, 0.1) is 17.2 Å². The zero-order valence-corrected chi connectivity index (χ0v) is 12.2. The van der Waals surface area contributed by atoms with Gasteiger partial charge in [-0.15, -0.1) is 0 Å². The normalized spacial score (nSPS) is 21.9. The van der Waals surface area contributed by atoms with Crippen LogP contribution in [-0.2, 0) is 19.9 Å². The van der Waals surface area contributed by atoms with Gasteiger partial charge in [0.25, 0.3) is 0 Å². The molecule has 112 valence electrons. The Morgan fingerprint density at radius 3 is 2.70 bits per heavy atom. The molecule has 1 aromatic rings. The van der Waals surface area contributed by atoms with Crippen molar-refractivity contribution in [3.8, 4) is 0 Å². The first-order chi connectivity index (χ1) is 9.21. The first kappa shape index (κ1) is 15.2. The molecule has 1 aliphatic heterocycles. The summed E-state index contributed by atoms with van der Waals surface area (Å²) in [5, 5.41) is 0. The molecule has 0 aromatic heterocycles. The molecule has 1 saturated heterocycles. The molecular formula is C11H15FN2O4S2. The molecule has 1 fully saturated rings. The number of benzene rings is 1. The lowest BCUT2D eigenvalue weighted by molar-refractivity contribution is 0.542. The monoisotopic (exact) mass is 322 g/mol. The summed E-state index contributed by atoms with van der Waals surface area (Å²) in [6, 6.07) is 3.52. The van der Waals surface area contributed by atoms with Crippen LogP contribution in [0, 0.1) is 11.7 Å². The average Bonchev–Trinajstić information content (AvgIpc) is 2.70. The summed E-state index contributed by atoms with van der Waals surface area (Å²) in [5.74, 6) is -1.03. The zero-order chi connectivity index (χ0) is 15.0. The fourth-order valence-electron chi connectivity index (χ4n) is 2.09. The molecule has 20 heavy (non-hydrogen) atoms. The predicted molar refractivity (Wildman–Crippen MR) is 72.8 cm³/mol. The summed E-state index contributed by atoms with van der Waals surface area (Å²) in [7, 11) is -7.01. The minimum absolute atomic E-state index is 0.00246. The number of anilines is 1. The highest BCUT2D eigenvalue weighted by Gasteiger charge is 2.29. The maximum atomic E-state index is 13.3. The van der Waals surface area contributed by atoms with Crippen LogP contribution in [0.1, 0.15) is 6.42 Å². The second-order valence-electron chi connectivity index (χ2n) is 4.77. The van der Waals surface area contributed by atoms with Crippen molar-refractivity contribution in [2.45, 2.75) is 11.3 Å². The van der Waals surface area contributed by atoms with E-state index in [9.17, 15) is 21.2 Å². The van der Waals surface area contributed by atoms with Crippen molar-refractivity contribution < 1.29 is 21.2 Å². The Balaban J connectivity index is 2.11. The molecule has 0 spiro atoms. The molecule has 0 saturated carbocycles. The van der Waals surface area contributed by atoms with E-state index in [0.717, 1.165) is 6.07 Å². The number of hydrogen-bond acceptors (Lipinski definition) is 5. The highest BCUT2D eigenvalue weighted by molar-refractivity contribution is 7.91. The highest BCUT2D eigenvalue weighted by Crippen LogP contribution is 2.22. The maximum absolute atomic E-state index is 13.3. The molecule has 2 rings (SSSR count). The van der Waals surface area contributed by atoms with Crippen LogP contribution in [-0.4, -0.2) is 34.9 Å². The number of nitrogens with two attached hydrogens (primary N) is 1. The van der Waals surface area contributed by atoms with Crippen LogP contribution in [0.3, 0.4) is 0 Å². The Morgan fingerprint density at radius 2 is 2.10 bits per heavy atom. The summed E-state index contributed by atoms with van der Waals surface area (Å²) >= 11 is 0. The topological polar surface area (TPSA) is 106 Å². The predicted octanol–water partition coefficient (Wildman–Crippen LogP) is 0.121. The standard InChI is InChI=1S/C11H15FN2O4S2/c12-9-2-1-3-10(11(9)13)20(17,18)14-6-8-4-5-19(15,16)7-8/h1-3,8,14H,4-7,13H2. The number of para-hydroxylation sites is 1. The number of sulfonamides is 1. The van der Waals surface area contributed by atoms with Gasteiger partial charge in [-0.3, -0.25) is 0 Å². The number of sulfone groups is 1. The summed E-state index contributed by atoms with van der Waals surface area (Å²) < 4.78 is 62.1. The third kappa shape index (κ3) is 3.28. The number of nitrogens with one attached hydrogen (secondary N) is 1. The average molecular weight is 322 g/mol. The van der Waals surface area contributed by atoms with Gasteiger partial charge in [-0.1, -0.05) is 6.07 Å². The molecule has 1 unspecified atom stereocenters. The van der Waals surface area contributed by atoms with Crippen LogP contribution in [0.25, 0.3) is 0 Å². The second kappa shape index (κ2) is 5.30. The van der Waals surface area contributed by atoms with Gasteiger partial charge in [0, 0.05) is 6.54 Å². The van der Waals surface area contributed by atoms with E-state index in [4.69, 9.17) is 5.73 Å². The summed E-state index contributed by atoms with van der Waals surface area (Å²) in [4.78, 5) is -0.335. The van der Waals surface area contributed by atoms with Crippen molar-refractivity contribution in [1.29, 1.82) is 0 Å². The van der Waals surface area contributed by atoms with E-state index in [1.54, 1.807) is 0 Å². The molecule has 0 radical (unpaired) electrons. The molecule has 0 aliphatic carbocycles. The van der Waals surface area contributed by atoms with Crippen molar-refractivity contribution >= 4 is 25.5 Å². The highest BCUT2D eigenvalue weighted by atomic mass is 32.2. The van der Waals surface area contributed by atoms with Crippen molar-refractivity contribution in [2.24, 2.45) is 5.92 Å². The van der Waals surface area contributed by atoms with Crippen molar-refractivity contribution in [3.05, 3.63) is 24.0 Å². The third-order valence-corrected chi connectivity index (χ3v) is 6.51. The molecule has 9 heteroatoms. The molecule has 1 atom stereocenters. The molecule has 0 bridgehead atoms. The van der Waals surface area contributed by atoms with Crippen molar-refractivity contribution in [1.82, 2.24) is 4.72 Å². The van der Waals surface area contributed by atoms with Gasteiger partial charge in [-0.2, -0.15) is 0 Å². The maximum Gasteiger partial charge on any atom is 0.242 e. The van der Waals surface area contributed by atoms with Gasteiger partial charge in [-0.05, 0) is 24.5 Å². The lowest BCUT2D eigenvalue weighted by Crippen LogP contribution is -2.30. The van der Waals surface area contributed by atoms with E-state index in [2.05, 4.69) is 4.72 Å². The van der Waals surface area contributed by atoms with Crippen LogP contribution in [0.2, 0.25) is 0 Å². The number of halogens is 1. The smallest absolute Gasteiger partial charge is 0.242 e. The molecule has 1 aromatic carbocycles. The summed E-state index contributed by atoms with van der Waals surface area (Å²) in [6.07, 6.45) is 0.420. The van der Waals surface area contributed by atoms with Gasteiger partial charge in [0.15, 0.2) is 9.84 Å². The number of rotatable bonds is 4. The lowest BCUT2D eigenvalue weighted by atomic mass is 10.1. The van der Waals surface area contributed by atoms with Crippen LogP contribution in [0.5, 0.6) is 0 Å². The Bertz CT molecular complexity index is 716. The zero-order valence-electron chi connectivity index (χ0n) is 10.5. The Hall–Kier alpha value is -1.19. The Morgan fingerprint density at radius 1 is 1.40 bits per heavy atom. The number of hydrogen-bond donors (Lipinski definition) is 2. The molecule has 1 aliphatic rings. The minimum atomic E-state index is -3.95. The Labute approximate surface area is 117 Å². The first-order valence-electron chi connectivity index (χ1n) is 5.95. The van der Waals surface area contributed by atoms with Gasteiger partial charge in [0.1, 0.15) is 10.7 Å². The largest absolute Gasteiger partial charge is 0.395 e.